The molecule has 2 unspecified atom stereocenters. The van der Waals surface area contributed by atoms with Crippen LogP contribution in [0.4, 0.5) is 16.2 Å². The molecule has 7 heteroatoms. The van der Waals surface area contributed by atoms with Crippen LogP contribution in [0, 0.1) is 5.82 Å². The number of nitrogens with zero attached hydrogens (tertiary/aromatic N) is 3. The molecule has 1 aromatic rings. The van der Waals surface area contributed by atoms with E-state index < -0.39 is 5.82 Å². The quantitative estimate of drug-likeness (QED) is 0.857. The van der Waals surface area contributed by atoms with Crippen molar-refractivity contribution in [1.29, 1.82) is 0 Å². The summed E-state index contributed by atoms with van der Waals surface area (Å²) in [6.07, 6.45) is 1.02. The van der Waals surface area contributed by atoms with Gasteiger partial charge in [0.25, 0.3) is 0 Å². The van der Waals surface area contributed by atoms with Gasteiger partial charge in [-0.05, 0) is 6.92 Å². The molecular weight excluding hydrogens is 251 g/mol. The number of halogens is 1. The predicted octanol–water partition coefficient (Wildman–Crippen LogP) is 0.897. The number of aromatic nitrogens is 2. The molecule has 1 saturated heterocycles. The maximum absolute atomic E-state index is 13.8. The van der Waals surface area contributed by atoms with Gasteiger partial charge in [-0.25, -0.2) is 9.37 Å². The first-order valence-electron chi connectivity index (χ1n) is 6.26. The predicted molar refractivity (Wildman–Crippen MR) is 70.0 cm³/mol. The molecule has 1 N–H and O–H groups in total. The Morgan fingerprint density at radius 1 is 1.37 bits per heavy atom. The minimum absolute atomic E-state index is 0.0815. The number of rotatable bonds is 5. The van der Waals surface area contributed by atoms with E-state index in [4.69, 9.17) is 9.47 Å². The lowest BCUT2D eigenvalue weighted by Crippen LogP contribution is -2.27. The number of methoxy groups -OCH3 is 2. The number of hydrogen-bond donors (Lipinski definition) is 1. The van der Waals surface area contributed by atoms with E-state index in [1.54, 1.807) is 14.2 Å². The third-order valence-electron chi connectivity index (χ3n) is 3.18. The molecule has 0 bridgehead atoms. The van der Waals surface area contributed by atoms with Gasteiger partial charge in [-0.15, -0.1) is 0 Å². The molecule has 1 aliphatic heterocycles. The van der Waals surface area contributed by atoms with Gasteiger partial charge in [-0.3, -0.25) is 0 Å². The van der Waals surface area contributed by atoms with E-state index in [-0.39, 0.29) is 18.0 Å². The van der Waals surface area contributed by atoms with E-state index in [0.29, 0.717) is 25.6 Å². The largest absolute Gasteiger partial charge is 0.377 e. The number of anilines is 2. The van der Waals surface area contributed by atoms with Crippen molar-refractivity contribution in [3.8, 4) is 0 Å². The maximum Gasteiger partial charge on any atom is 0.224 e. The van der Waals surface area contributed by atoms with E-state index in [9.17, 15) is 4.39 Å². The minimum atomic E-state index is -0.437. The van der Waals surface area contributed by atoms with E-state index in [1.807, 2.05) is 11.8 Å². The first kappa shape index (κ1) is 14.0. The summed E-state index contributed by atoms with van der Waals surface area (Å²) in [5, 5.41) is 2.97. The molecule has 106 valence electrons. The van der Waals surface area contributed by atoms with Crippen molar-refractivity contribution >= 4 is 11.8 Å². The Balaban J connectivity index is 2.20. The lowest BCUT2D eigenvalue weighted by molar-refractivity contribution is -0.00461. The number of nitrogens with one attached hydrogen (secondary N) is 1. The van der Waals surface area contributed by atoms with Crippen LogP contribution in [0.5, 0.6) is 0 Å². The van der Waals surface area contributed by atoms with E-state index >= 15 is 0 Å². The Kier molecular flexibility index (Phi) is 4.49. The van der Waals surface area contributed by atoms with Crippen LogP contribution in [0.25, 0.3) is 0 Å². The van der Waals surface area contributed by atoms with Crippen LogP contribution in [0.1, 0.15) is 6.92 Å². The fraction of sp³-hybridized carbons (Fsp3) is 0.667. The molecule has 0 amide bonds. The molecule has 0 saturated carbocycles. The maximum atomic E-state index is 13.8. The molecule has 1 aromatic heterocycles. The molecule has 0 aromatic carbocycles. The van der Waals surface area contributed by atoms with Crippen LogP contribution in [0.15, 0.2) is 6.20 Å². The van der Waals surface area contributed by atoms with Crippen LogP contribution in [-0.4, -0.2) is 56.0 Å². The average Bonchev–Trinajstić information content (AvgIpc) is 2.84. The van der Waals surface area contributed by atoms with E-state index in [1.165, 1.54) is 6.20 Å². The fourth-order valence-corrected chi connectivity index (χ4v) is 2.19. The smallest absolute Gasteiger partial charge is 0.224 e. The summed E-state index contributed by atoms with van der Waals surface area (Å²) in [5.74, 6) is 0.273. The summed E-state index contributed by atoms with van der Waals surface area (Å²) < 4.78 is 24.5. The Morgan fingerprint density at radius 3 is 2.53 bits per heavy atom. The van der Waals surface area contributed by atoms with Crippen molar-refractivity contribution in [3.05, 3.63) is 12.0 Å². The minimum Gasteiger partial charge on any atom is -0.377 e. The Labute approximate surface area is 111 Å². The third kappa shape index (κ3) is 2.93. The Hall–Kier alpha value is -1.47. The SMILES string of the molecule is CCNc1ncc(F)c(N2CC(OC)C(OC)C2)n1. The molecule has 0 radical (unpaired) electrons. The third-order valence-corrected chi connectivity index (χ3v) is 3.18. The molecular formula is C12H19FN4O2. The second-order valence-corrected chi connectivity index (χ2v) is 4.35. The molecule has 6 nitrogen and oxygen atoms in total. The molecule has 2 atom stereocenters. The highest BCUT2D eigenvalue weighted by molar-refractivity contribution is 5.45. The highest BCUT2D eigenvalue weighted by atomic mass is 19.1. The molecule has 0 spiro atoms. The highest BCUT2D eigenvalue weighted by Crippen LogP contribution is 2.24. The molecule has 1 fully saturated rings. The summed E-state index contributed by atoms with van der Waals surface area (Å²) in [7, 11) is 3.25. The Morgan fingerprint density at radius 2 is 2.00 bits per heavy atom. The Bertz CT molecular complexity index is 420. The van der Waals surface area contributed by atoms with Gasteiger partial charge in [-0.1, -0.05) is 0 Å². The van der Waals surface area contributed by atoms with Crippen molar-refractivity contribution in [2.75, 3.05) is 44.1 Å². The zero-order valence-corrected chi connectivity index (χ0v) is 11.4. The molecule has 2 heterocycles. The lowest BCUT2D eigenvalue weighted by Gasteiger charge is -2.17. The number of hydrogen-bond acceptors (Lipinski definition) is 6. The standard InChI is InChI=1S/C12H19FN4O2/c1-4-14-12-15-5-8(13)11(16-12)17-6-9(18-2)10(7-17)19-3/h5,9-10H,4,6-7H2,1-3H3,(H,14,15,16). The fourth-order valence-electron chi connectivity index (χ4n) is 2.19. The molecule has 1 aliphatic rings. The normalized spacial score (nSPS) is 22.8. The van der Waals surface area contributed by atoms with Crippen molar-refractivity contribution in [2.24, 2.45) is 0 Å². The molecule has 2 rings (SSSR count). The first-order valence-corrected chi connectivity index (χ1v) is 6.26. The van der Waals surface area contributed by atoms with Crippen LogP contribution < -0.4 is 10.2 Å². The lowest BCUT2D eigenvalue weighted by atomic mass is 10.3. The van der Waals surface area contributed by atoms with Crippen LogP contribution in [0.3, 0.4) is 0 Å². The molecule has 0 aliphatic carbocycles. The van der Waals surface area contributed by atoms with Gasteiger partial charge in [0.05, 0.1) is 6.20 Å². The summed E-state index contributed by atoms with van der Waals surface area (Å²) >= 11 is 0. The summed E-state index contributed by atoms with van der Waals surface area (Å²) in [5.41, 5.74) is 0. The highest BCUT2D eigenvalue weighted by Gasteiger charge is 2.35. The summed E-state index contributed by atoms with van der Waals surface area (Å²) in [6, 6.07) is 0. The van der Waals surface area contributed by atoms with Gasteiger partial charge in [0, 0.05) is 33.9 Å². The van der Waals surface area contributed by atoms with Crippen LogP contribution >= 0.6 is 0 Å². The van der Waals surface area contributed by atoms with Crippen molar-refractivity contribution in [3.63, 3.8) is 0 Å². The van der Waals surface area contributed by atoms with Gasteiger partial charge in [0.15, 0.2) is 11.6 Å². The van der Waals surface area contributed by atoms with E-state index in [0.717, 1.165) is 0 Å². The second kappa shape index (κ2) is 6.12. The summed E-state index contributed by atoms with van der Waals surface area (Å²) in [4.78, 5) is 9.91. The van der Waals surface area contributed by atoms with Gasteiger partial charge < -0.3 is 19.7 Å². The zero-order chi connectivity index (χ0) is 13.8. The number of ether oxygens (including phenoxy) is 2. The van der Waals surface area contributed by atoms with Gasteiger partial charge in [0.1, 0.15) is 12.2 Å². The average molecular weight is 270 g/mol. The van der Waals surface area contributed by atoms with Crippen molar-refractivity contribution in [1.82, 2.24) is 9.97 Å². The topological polar surface area (TPSA) is 59.5 Å². The van der Waals surface area contributed by atoms with Gasteiger partial charge >= 0.3 is 0 Å². The first-order chi connectivity index (χ1) is 9.19. The van der Waals surface area contributed by atoms with Crippen LogP contribution in [-0.2, 0) is 9.47 Å². The van der Waals surface area contributed by atoms with Crippen molar-refractivity contribution < 1.29 is 13.9 Å². The van der Waals surface area contributed by atoms with Crippen LogP contribution in [0.2, 0.25) is 0 Å². The van der Waals surface area contributed by atoms with Gasteiger partial charge in [0.2, 0.25) is 5.95 Å². The second-order valence-electron chi connectivity index (χ2n) is 4.35. The van der Waals surface area contributed by atoms with E-state index in [2.05, 4.69) is 15.3 Å². The van der Waals surface area contributed by atoms with Crippen molar-refractivity contribution in [2.45, 2.75) is 19.1 Å². The van der Waals surface area contributed by atoms with Gasteiger partial charge in [-0.2, -0.15) is 4.98 Å². The summed E-state index contributed by atoms with van der Waals surface area (Å²) in [6.45, 7) is 3.72. The molecule has 19 heavy (non-hydrogen) atoms. The monoisotopic (exact) mass is 270 g/mol. The zero-order valence-electron chi connectivity index (χ0n) is 11.4.